The molecule has 36 heavy (non-hydrogen) atoms. The number of nitro groups is 1. The van der Waals surface area contributed by atoms with Crippen LogP contribution in [0.1, 0.15) is 25.3 Å². The molecule has 12 heteroatoms. The number of methoxy groups -OCH3 is 1. The average Bonchev–Trinajstić information content (AvgIpc) is 3.39. The third-order valence-electron chi connectivity index (χ3n) is 6.78. The van der Waals surface area contributed by atoms with Gasteiger partial charge in [-0.25, -0.2) is 0 Å². The van der Waals surface area contributed by atoms with Crippen molar-refractivity contribution in [2.24, 2.45) is 10.9 Å². The van der Waals surface area contributed by atoms with Gasteiger partial charge in [0.1, 0.15) is 30.8 Å². The molecule has 2 N–H and O–H groups in total. The molecule has 1 aromatic rings. The maximum atomic E-state index is 14.0. The summed E-state index contributed by atoms with van der Waals surface area (Å²) in [6.07, 6.45) is -3.01. The highest BCUT2D eigenvalue weighted by molar-refractivity contribution is 6.11. The van der Waals surface area contributed by atoms with Crippen molar-refractivity contribution in [2.75, 3.05) is 33.5 Å². The van der Waals surface area contributed by atoms with E-state index >= 15 is 0 Å². The molecule has 3 aliphatic rings. The van der Waals surface area contributed by atoms with Crippen LogP contribution in [0, 0.1) is 16.0 Å². The third-order valence-corrected chi connectivity index (χ3v) is 6.78. The molecule has 12 nitrogen and oxygen atoms in total. The number of non-ortho nitro benzene ring substituents is 1. The summed E-state index contributed by atoms with van der Waals surface area (Å²) in [6.45, 7) is 2.74. The second-order valence-corrected chi connectivity index (χ2v) is 9.07. The van der Waals surface area contributed by atoms with Gasteiger partial charge in [-0.3, -0.25) is 24.7 Å². The zero-order valence-electron chi connectivity index (χ0n) is 20.1. The number of ketones is 1. The maximum absolute atomic E-state index is 14.0. The lowest BCUT2D eigenvalue weighted by Gasteiger charge is -2.35. The Morgan fingerprint density at radius 3 is 2.72 bits per heavy atom. The van der Waals surface area contributed by atoms with Gasteiger partial charge in [0.15, 0.2) is 11.4 Å². The van der Waals surface area contributed by atoms with Crippen LogP contribution in [0.15, 0.2) is 40.5 Å². The van der Waals surface area contributed by atoms with Crippen LogP contribution in [0.25, 0.3) is 0 Å². The molecule has 2 fully saturated rings. The minimum atomic E-state index is -2.15. The lowest BCUT2D eigenvalue weighted by Crippen LogP contribution is -2.53. The molecule has 2 saturated heterocycles. The Morgan fingerprint density at radius 1 is 1.28 bits per heavy atom. The van der Waals surface area contributed by atoms with E-state index in [2.05, 4.69) is 4.99 Å². The molecule has 0 radical (unpaired) electrons. The summed E-state index contributed by atoms with van der Waals surface area (Å²) in [6, 6.07) is 5.61. The van der Waals surface area contributed by atoms with Gasteiger partial charge in [-0.05, 0) is 19.4 Å². The number of allylic oxidation sites excluding steroid dienone is 1. The van der Waals surface area contributed by atoms with Crippen molar-refractivity contribution >= 4 is 23.2 Å². The third kappa shape index (κ3) is 4.46. The minimum absolute atomic E-state index is 0.00784. The van der Waals surface area contributed by atoms with Crippen molar-refractivity contribution in [2.45, 2.75) is 43.7 Å². The van der Waals surface area contributed by atoms with Gasteiger partial charge >= 0.3 is 5.97 Å². The molecular formula is C24H28N2O10. The van der Waals surface area contributed by atoms with Gasteiger partial charge in [0.05, 0.1) is 24.7 Å². The van der Waals surface area contributed by atoms with Gasteiger partial charge in [-0.15, -0.1) is 0 Å². The van der Waals surface area contributed by atoms with Crippen LogP contribution in [0.4, 0.5) is 5.69 Å². The number of benzene rings is 1. The van der Waals surface area contributed by atoms with Crippen molar-refractivity contribution in [3.05, 3.63) is 51.2 Å². The standard InChI is InChI=1S/C24H28N2O10/c1-12-17(21(28)24(30)11-36-20-16(27)10-35-22(20)24)19(14-5-4-6-15(9-14)26(31)32)18(13(2)25-12)23(29)34-8-7-33-3/h4-6,9,16,18-20,22,27,30H,7-8,10-11H2,1-3H3/t16-,18?,19?,20+,22-,24-/m0/s1. The SMILES string of the molecule is COCCOC(=O)C1C(C)=NC(C)=C(C(=O)[C@@]2(O)CO[C@@H]3[C@@H](O)CO[C@@H]32)C1c1cccc([N+](=O)[O-])c1. The van der Waals surface area contributed by atoms with Crippen LogP contribution < -0.4 is 0 Å². The highest BCUT2D eigenvalue weighted by Gasteiger charge is 2.61. The minimum Gasteiger partial charge on any atom is -0.463 e. The van der Waals surface area contributed by atoms with Gasteiger partial charge < -0.3 is 29.2 Å². The number of esters is 1. The first-order valence-electron chi connectivity index (χ1n) is 11.4. The Morgan fingerprint density at radius 2 is 2.03 bits per heavy atom. The Bertz CT molecular complexity index is 1130. The Hall–Kier alpha value is -3.03. The summed E-state index contributed by atoms with van der Waals surface area (Å²) >= 11 is 0. The molecule has 0 aliphatic carbocycles. The van der Waals surface area contributed by atoms with E-state index in [0.717, 1.165) is 0 Å². The van der Waals surface area contributed by atoms with Crippen LogP contribution in [0.2, 0.25) is 0 Å². The zero-order chi connectivity index (χ0) is 26.2. The first-order valence-corrected chi connectivity index (χ1v) is 11.4. The number of aliphatic hydroxyl groups excluding tert-OH is 1. The van der Waals surface area contributed by atoms with Crippen LogP contribution in [-0.2, 0) is 28.5 Å². The number of ether oxygens (including phenoxy) is 4. The number of nitro benzene ring substituents is 1. The van der Waals surface area contributed by atoms with Gasteiger partial charge in [-0.1, -0.05) is 12.1 Å². The fraction of sp³-hybridized carbons (Fsp3) is 0.542. The maximum Gasteiger partial charge on any atom is 0.315 e. The predicted octanol–water partition coefficient (Wildman–Crippen LogP) is 0.691. The highest BCUT2D eigenvalue weighted by Crippen LogP contribution is 2.45. The number of Topliss-reactive ketones (excluding diaryl/α,β-unsaturated/α-hetero) is 1. The fourth-order valence-corrected chi connectivity index (χ4v) is 5.08. The average molecular weight is 504 g/mol. The molecule has 194 valence electrons. The monoisotopic (exact) mass is 504 g/mol. The van der Waals surface area contributed by atoms with E-state index in [9.17, 15) is 29.9 Å². The van der Waals surface area contributed by atoms with Crippen LogP contribution >= 0.6 is 0 Å². The Labute approximate surface area is 206 Å². The molecule has 4 rings (SSSR count). The molecule has 0 aromatic heterocycles. The van der Waals surface area contributed by atoms with Gasteiger partial charge in [0, 0.05) is 42.1 Å². The van der Waals surface area contributed by atoms with Crippen molar-refractivity contribution in [1.29, 1.82) is 0 Å². The number of aliphatic hydroxyl groups is 2. The fourth-order valence-electron chi connectivity index (χ4n) is 5.08. The summed E-state index contributed by atoms with van der Waals surface area (Å²) < 4.78 is 21.3. The number of fused-ring (bicyclic) bond motifs is 1. The molecule has 2 unspecified atom stereocenters. The highest BCUT2D eigenvalue weighted by atomic mass is 16.6. The lowest BCUT2D eigenvalue weighted by molar-refractivity contribution is -0.384. The van der Waals surface area contributed by atoms with Crippen molar-refractivity contribution in [1.82, 2.24) is 0 Å². The molecule has 1 aromatic carbocycles. The normalized spacial score (nSPS) is 31.7. The Balaban J connectivity index is 1.81. The molecular weight excluding hydrogens is 476 g/mol. The number of carbonyl (C=O) groups excluding carboxylic acids is 2. The number of rotatable bonds is 8. The molecule has 0 spiro atoms. The summed E-state index contributed by atoms with van der Waals surface area (Å²) in [5.41, 5.74) is -1.49. The number of carbonyl (C=O) groups is 2. The summed E-state index contributed by atoms with van der Waals surface area (Å²) in [7, 11) is 1.45. The first-order chi connectivity index (χ1) is 17.1. The van der Waals surface area contributed by atoms with Gasteiger partial charge in [-0.2, -0.15) is 0 Å². The quantitative estimate of drug-likeness (QED) is 0.222. The summed E-state index contributed by atoms with van der Waals surface area (Å²) in [5.74, 6) is -3.62. The largest absolute Gasteiger partial charge is 0.463 e. The Kier molecular flexibility index (Phi) is 7.34. The second kappa shape index (κ2) is 10.1. The number of aliphatic imine (C=N–C) groups is 1. The summed E-state index contributed by atoms with van der Waals surface area (Å²) in [4.78, 5) is 42.5. The van der Waals surface area contributed by atoms with E-state index < -0.39 is 59.0 Å². The zero-order valence-corrected chi connectivity index (χ0v) is 20.1. The van der Waals surface area contributed by atoms with E-state index in [1.54, 1.807) is 19.9 Å². The van der Waals surface area contributed by atoms with E-state index in [0.29, 0.717) is 11.3 Å². The molecule has 0 amide bonds. The first kappa shape index (κ1) is 26.0. The van der Waals surface area contributed by atoms with E-state index in [-0.39, 0.29) is 36.8 Å². The molecule has 0 saturated carbocycles. The van der Waals surface area contributed by atoms with Crippen molar-refractivity contribution in [3.8, 4) is 0 Å². The molecule has 6 atom stereocenters. The van der Waals surface area contributed by atoms with Crippen LogP contribution in [0.3, 0.4) is 0 Å². The number of hydrogen-bond acceptors (Lipinski definition) is 11. The molecule has 0 bridgehead atoms. The van der Waals surface area contributed by atoms with Gasteiger partial charge in [0.25, 0.3) is 5.69 Å². The van der Waals surface area contributed by atoms with E-state index in [1.165, 1.54) is 25.3 Å². The van der Waals surface area contributed by atoms with Gasteiger partial charge in [0.2, 0.25) is 0 Å². The van der Waals surface area contributed by atoms with Crippen molar-refractivity contribution in [3.63, 3.8) is 0 Å². The second-order valence-electron chi connectivity index (χ2n) is 9.07. The number of hydrogen-bond donors (Lipinski definition) is 2. The van der Waals surface area contributed by atoms with Crippen LogP contribution in [-0.4, -0.2) is 90.1 Å². The molecule has 3 heterocycles. The molecule has 3 aliphatic heterocycles. The lowest BCUT2D eigenvalue weighted by atomic mass is 9.71. The summed E-state index contributed by atoms with van der Waals surface area (Å²) in [5, 5.41) is 33.0. The van der Waals surface area contributed by atoms with E-state index in [1.807, 2.05) is 0 Å². The number of nitrogens with zero attached hydrogens (tertiary/aromatic N) is 2. The predicted molar refractivity (Wildman–Crippen MR) is 123 cm³/mol. The van der Waals surface area contributed by atoms with Crippen molar-refractivity contribution < 1.29 is 43.7 Å². The topological polar surface area (TPSA) is 167 Å². The van der Waals surface area contributed by atoms with Crippen LogP contribution in [0.5, 0.6) is 0 Å². The van der Waals surface area contributed by atoms with E-state index in [4.69, 9.17) is 18.9 Å². The smallest absolute Gasteiger partial charge is 0.315 e.